The Bertz CT molecular complexity index is 87.7. The van der Waals surface area contributed by atoms with E-state index < -0.39 is 0 Å². The van der Waals surface area contributed by atoms with Crippen LogP contribution >= 0.6 is 11.6 Å². The van der Waals surface area contributed by atoms with Crippen molar-refractivity contribution >= 4 is 16.8 Å². The van der Waals surface area contributed by atoms with E-state index in [0.29, 0.717) is 6.61 Å². The van der Waals surface area contributed by atoms with E-state index in [0.717, 1.165) is 6.42 Å². The second-order valence-electron chi connectivity index (χ2n) is 1.45. The smallest absolute Gasteiger partial charge is 0.250 e. The molecule has 1 unspecified atom stereocenters. The maximum absolute atomic E-state index is 10.1. The van der Waals surface area contributed by atoms with E-state index in [9.17, 15) is 4.79 Å². The van der Waals surface area contributed by atoms with E-state index in [-0.39, 0.29) is 11.3 Å². The minimum Gasteiger partial charge on any atom is -0.369 e. The zero-order chi connectivity index (χ0) is 5.28. The summed E-state index contributed by atoms with van der Waals surface area (Å²) in [5.74, 6) is 0. The Kier molecular flexibility index (Phi) is 1.30. The lowest BCUT2D eigenvalue weighted by Gasteiger charge is -2.21. The third-order valence-corrected chi connectivity index (χ3v) is 1.20. The predicted molar refractivity (Wildman–Crippen MR) is 25.2 cm³/mol. The van der Waals surface area contributed by atoms with Gasteiger partial charge in [0.15, 0.2) is 0 Å². The molecule has 1 aliphatic rings. The summed E-state index contributed by atoms with van der Waals surface area (Å²) in [6.07, 6.45) is 0.504. The normalized spacial score (nSPS) is 29.0. The molecule has 0 aromatic heterocycles. The molecule has 1 heterocycles. The quantitative estimate of drug-likeness (QED) is 0.472. The first-order valence-electron chi connectivity index (χ1n) is 2.11. The van der Waals surface area contributed by atoms with Gasteiger partial charge in [0.2, 0.25) is 0 Å². The van der Waals surface area contributed by atoms with E-state index >= 15 is 0 Å². The van der Waals surface area contributed by atoms with Crippen LogP contribution in [0.3, 0.4) is 0 Å². The summed E-state index contributed by atoms with van der Waals surface area (Å²) >= 11 is 5.02. The Morgan fingerprint density at radius 3 is 2.43 bits per heavy atom. The lowest BCUT2D eigenvalue weighted by atomic mass is 10.2. The van der Waals surface area contributed by atoms with Crippen LogP contribution < -0.4 is 0 Å². The minimum absolute atomic E-state index is 0.290. The third-order valence-electron chi connectivity index (χ3n) is 0.952. The first kappa shape index (κ1) is 5.06. The van der Waals surface area contributed by atoms with Crippen LogP contribution in [0, 0.1) is 0 Å². The molecule has 2 nitrogen and oxygen atoms in total. The monoisotopic (exact) mass is 120 g/mol. The molecule has 0 aromatic rings. The van der Waals surface area contributed by atoms with Crippen LogP contribution in [-0.2, 0) is 9.53 Å². The van der Waals surface area contributed by atoms with Gasteiger partial charge in [0.05, 0.1) is 6.61 Å². The predicted octanol–water partition coefficient (Wildman–Crippen LogP) is 0.541. The first-order valence-corrected chi connectivity index (χ1v) is 2.49. The molecule has 40 valence electrons. The topological polar surface area (TPSA) is 26.3 Å². The highest BCUT2D eigenvalue weighted by atomic mass is 35.5. The van der Waals surface area contributed by atoms with Crippen molar-refractivity contribution in [3.05, 3.63) is 0 Å². The van der Waals surface area contributed by atoms with Gasteiger partial charge in [-0.25, -0.2) is 0 Å². The molecular formula is C4H5ClO2. The summed E-state index contributed by atoms with van der Waals surface area (Å²) in [7, 11) is 0. The van der Waals surface area contributed by atoms with Gasteiger partial charge in [-0.1, -0.05) is 0 Å². The molecule has 0 bridgehead atoms. The van der Waals surface area contributed by atoms with E-state index in [4.69, 9.17) is 16.3 Å². The average molecular weight is 121 g/mol. The number of carbonyl (C=O) groups is 1. The number of halogens is 1. The summed E-state index contributed by atoms with van der Waals surface area (Å²) in [6.45, 7) is 0.684. The standard InChI is InChI=1S/C4H5ClO2/c5-4(6)3-1-2-7-3/h3H,1-2H2. The Morgan fingerprint density at radius 1 is 1.86 bits per heavy atom. The molecule has 1 atom stereocenters. The van der Waals surface area contributed by atoms with Crippen LogP contribution in [0.15, 0.2) is 0 Å². The van der Waals surface area contributed by atoms with Crippen LogP contribution in [0.2, 0.25) is 0 Å². The molecule has 0 radical (unpaired) electrons. The Hall–Kier alpha value is -0.0800. The number of rotatable bonds is 1. The van der Waals surface area contributed by atoms with Crippen molar-refractivity contribution in [1.29, 1.82) is 0 Å². The van der Waals surface area contributed by atoms with E-state index in [1.807, 2.05) is 0 Å². The van der Waals surface area contributed by atoms with Gasteiger partial charge in [-0.15, -0.1) is 0 Å². The number of hydrogen-bond donors (Lipinski definition) is 0. The number of ether oxygens (including phenoxy) is 1. The van der Waals surface area contributed by atoms with Gasteiger partial charge in [0.25, 0.3) is 5.24 Å². The lowest BCUT2D eigenvalue weighted by Crippen LogP contribution is -2.31. The van der Waals surface area contributed by atoms with Crippen LogP contribution in [0.5, 0.6) is 0 Å². The Labute approximate surface area is 46.4 Å². The molecular weight excluding hydrogens is 115 g/mol. The fraction of sp³-hybridized carbons (Fsp3) is 0.750. The molecule has 7 heavy (non-hydrogen) atoms. The molecule has 0 saturated carbocycles. The fourth-order valence-electron chi connectivity index (χ4n) is 0.415. The van der Waals surface area contributed by atoms with Crippen molar-refractivity contribution in [3.8, 4) is 0 Å². The minimum atomic E-state index is -0.369. The summed E-state index contributed by atoms with van der Waals surface area (Å²) in [6, 6.07) is 0. The Morgan fingerprint density at radius 2 is 2.43 bits per heavy atom. The molecule has 1 aliphatic heterocycles. The maximum Gasteiger partial charge on any atom is 0.250 e. The number of hydrogen-bond acceptors (Lipinski definition) is 2. The van der Waals surface area contributed by atoms with Crippen molar-refractivity contribution in [1.82, 2.24) is 0 Å². The van der Waals surface area contributed by atoms with Crippen molar-refractivity contribution in [2.24, 2.45) is 0 Å². The molecule has 1 fully saturated rings. The van der Waals surface area contributed by atoms with Gasteiger partial charge in [0.1, 0.15) is 6.10 Å². The highest BCUT2D eigenvalue weighted by Crippen LogP contribution is 2.12. The molecule has 0 aromatic carbocycles. The average Bonchev–Trinajstić information content (AvgIpc) is 1.23. The van der Waals surface area contributed by atoms with Gasteiger partial charge < -0.3 is 4.74 Å². The zero-order valence-corrected chi connectivity index (χ0v) is 4.44. The molecule has 0 amide bonds. The lowest BCUT2D eigenvalue weighted by molar-refractivity contribution is -0.133. The molecule has 1 rings (SSSR count). The summed E-state index contributed by atoms with van der Waals surface area (Å²) in [4.78, 5) is 10.1. The SMILES string of the molecule is O=C(Cl)C1CCO1. The van der Waals surface area contributed by atoms with Crippen LogP contribution in [-0.4, -0.2) is 18.0 Å². The van der Waals surface area contributed by atoms with E-state index in [1.54, 1.807) is 0 Å². The van der Waals surface area contributed by atoms with Crippen molar-refractivity contribution < 1.29 is 9.53 Å². The third kappa shape index (κ3) is 0.924. The van der Waals surface area contributed by atoms with Gasteiger partial charge in [-0.3, -0.25) is 4.79 Å². The van der Waals surface area contributed by atoms with Gasteiger partial charge in [-0.05, 0) is 11.6 Å². The molecule has 1 saturated heterocycles. The van der Waals surface area contributed by atoms with E-state index in [1.165, 1.54) is 0 Å². The second kappa shape index (κ2) is 1.80. The van der Waals surface area contributed by atoms with Gasteiger partial charge >= 0.3 is 0 Å². The molecule has 0 spiro atoms. The van der Waals surface area contributed by atoms with Crippen LogP contribution in [0.25, 0.3) is 0 Å². The molecule has 0 aliphatic carbocycles. The first-order chi connectivity index (χ1) is 3.30. The maximum atomic E-state index is 10.1. The molecule has 3 heteroatoms. The Balaban J connectivity index is 2.27. The highest BCUT2D eigenvalue weighted by Gasteiger charge is 2.23. The highest BCUT2D eigenvalue weighted by molar-refractivity contribution is 6.64. The van der Waals surface area contributed by atoms with Crippen molar-refractivity contribution in [2.45, 2.75) is 12.5 Å². The molecule has 0 N–H and O–H groups in total. The van der Waals surface area contributed by atoms with E-state index in [2.05, 4.69) is 0 Å². The second-order valence-corrected chi connectivity index (χ2v) is 1.82. The van der Waals surface area contributed by atoms with Gasteiger partial charge in [-0.2, -0.15) is 0 Å². The van der Waals surface area contributed by atoms with Crippen LogP contribution in [0.1, 0.15) is 6.42 Å². The largest absolute Gasteiger partial charge is 0.369 e. The summed E-state index contributed by atoms with van der Waals surface area (Å²) in [5.41, 5.74) is 0. The number of carbonyl (C=O) groups excluding carboxylic acids is 1. The fourth-order valence-corrected chi connectivity index (χ4v) is 0.587. The van der Waals surface area contributed by atoms with Gasteiger partial charge in [0, 0.05) is 6.42 Å². The zero-order valence-electron chi connectivity index (χ0n) is 3.69. The summed E-state index contributed by atoms with van der Waals surface area (Å²) in [5, 5.41) is -0.369. The van der Waals surface area contributed by atoms with Crippen LogP contribution in [0.4, 0.5) is 0 Å². The summed E-state index contributed by atoms with van der Waals surface area (Å²) < 4.78 is 4.71. The van der Waals surface area contributed by atoms with Crippen molar-refractivity contribution in [2.75, 3.05) is 6.61 Å². The van der Waals surface area contributed by atoms with Crippen molar-refractivity contribution in [3.63, 3.8) is 0 Å².